The van der Waals surface area contributed by atoms with Gasteiger partial charge in [0.25, 0.3) is 0 Å². The predicted molar refractivity (Wildman–Crippen MR) is 54.3 cm³/mol. The zero-order valence-electron chi connectivity index (χ0n) is 8.06. The number of rotatable bonds is 3. The van der Waals surface area contributed by atoms with E-state index in [4.69, 9.17) is 0 Å². The van der Waals surface area contributed by atoms with Gasteiger partial charge in [-0.05, 0) is 36.5 Å². The van der Waals surface area contributed by atoms with Crippen molar-refractivity contribution in [2.24, 2.45) is 0 Å². The predicted octanol–water partition coefficient (Wildman–Crippen LogP) is 3.38. The summed E-state index contributed by atoms with van der Waals surface area (Å²) >= 11 is 0. The third-order valence-corrected chi connectivity index (χ3v) is 2.17. The molecule has 0 heteroatoms. The van der Waals surface area contributed by atoms with Crippen molar-refractivity contribution in [1.29, 1.82) is 0 Å². The smallest absolute Gasteiger partial charge is 0.0238 e. The maximum absolute atomic E-state index is 3.94. The molecule has 65 valence electrons. The van der Waals surface area contributed by atoms with Crippen LogP contribution in [0.5, 0.6) is 0 Å². The lowest BCUT2D eigenvalue weighted by atomic mass is 9.99. The molecule has 0 aromatic heterocycles. The summed E-state index contributed by atoms with van der Waals surface area (Å²) in [4.78, 5) is 0. The third-order valence-electron chi connectivity index (χ3n) is 2.17. The first-order chi connectivity index (χ1) is 5.77. The van der Waals surface area contributed by atoms with Crippen molar-refractivity contribution in [3.8, 4) is 0 Å². The molecule has 0 saturated carbocycles. The molecule has 0 amide bonds. The average Bonchev–Trinajstić information content (AvgIpc) is 2.05. The molecule has 1 radical (unpaired) electrons. The summed E-state index contributed by atoms with van der Waals surface area (Å²) in [7, 11) is 0. The Hall–Kier alpha value is -0.780. The Morgan fingerprint density at radius 3 is 2.50 bits per heavy atom. The second-order valence-electron chi connectivity index (χ2n) is 3.21. The highest BCUT2D eigenvalue weighted by Crippen LogP contribution is 2.14. The van der Waals surface area contributed by atoms with Crippen molar-refractivity contribution >= 4 is 0 Å². The largest absolute Gasteiger partial charge is 0.0651 e. The maximum Gasteiger partial charge on any atom is -0.0238 e. The molecule has 0 unspecified atom stereocenters. The van der Waals surface area contributed by atoms with Crippen LogP contribution >= 0.6 is 0 Å². The van der Waals surface area contributed by atoms with Crippen LogP contribution in [0.25, 0.3) is 0 Å². The molecule has 1 aromatic carbocycles. The van der Waals surface area contributed by atoms with E-state index in [1.54, 1.807) is 0 Å². The van der Waals surface area contributed by atoms with Crippen molar-refractivity contribution in [2.45, 2.75) is 33.1 Å². The normalized spacial score (nSPS) is 10.2. The lowest BCUT2D eigenvalue weighted by Gasteiger charge is -2.07. The molecule has 0 bridgehead atoms. The van der Waals surface area contributed by atoms with Gasteiger partial charge in [-0.15, -0.1) is 0 Å². The van der Waals surface area contributed by atoms with Crippen LogP contribution in [0.4, 0.5) is 0 Å². The van der Waals surface area contributed by atoms with Crippen molar-refractivity contribution in [2.75, 3.05) is 0 Å². The Kier molecular flexibility index (Phi) is 3.33. The molecule has 0 heterocycles. The second kappa shape index (κ2) is 4.30. The van der Waals surface area contributed by atoms with Gasteiger partial charge >= 0.3 is 0 Å². The van der Waals surface area contributed by atoms with Crippen molar-refractivity contribution in [1.82, 2.24) is 0 Å². The molecule has 0 atom stereocenters. The highest BCUT2D eigenvalue weighted by atomic mass is 14.0. The highest BCUT2D eigenvalue weighted by Gasteiger charge is 1.98. The van der Waals surface area contributed by atoms with Crippen LogP contribution in [0.2, 0.25) is 0 Å². The van der Waals surface area contributed by atoms with Gasteiger partial charge in [0, 0.05) is 0 Å². The molecule has 0 aliphatic rings. The minimum absolute atomic E-state index is 1.13. The molecule has 0 aliphatic heterocycles. The summed E-state index contributed by atoms with van der Waals surface area (Å²) in [6.45, 7) is 8.36. The van der Waals surface area contributed by atoms with Crippen LogP contribution in [0.15, 0.2) is 18.2 Å². The van der Waals surface area contributed by atoms with E-state index in [1.807, 2.05) is 0 Å². The third kappa shape index (κ3) is 2.10. The van der Waals surface area contributed by atoms with Gasteiger partial charge in [-0.25, -0.2) is 0 Å². The van der Waals surface area contributed by atoms with Gasteiger partial charge in [-0.2, -0.15) is 0 Å². The Labute approximate surface area is 75.6 Å². The number of hydrogen-bond donors (Lipinski definition) is 0. The topological polar surface area (TPSA) is 0 Å². The monoisotopic (exact) mass is 161 g/mol. The van der Waals surface area contributed by atoms with Crippen LogP contribution in [-0.4, -0.2) is 0 Å². The first kappa shape index (κ1) is 9.31. The second-order valence-corrected chi connectivity index (χ2v) is 3.21. The fourth-order valence-corrected chi connectivity index (χ4v) is 1.53. The molecular formula is C12H17. The molecule has 0 nitrogen and oxygen atoms in total. The van der Waals surface area contributed by atoms with E-state index in [0.29, 0.717) is 0 Å². The quantitative estimate of drug-likeness (QED) is 0.637. The molecule has 0 N–H and O–H groups in total. The average molecular weight is 161 g/mol. The summed E-state index contributed by atoms with van der Waals surface area (Å²) in [6.07, 6.45) is 3.54. The highest BCUT2D eigenvalue weighted by molar-refractivity contribution is 5.33. The lowest BCUT2D eigenvalue weighted by molar-refractivity contribution is 0.898. The van der Waals surface area contributed by atoms with Gasteiger partial charge < -0.3 is 0 Å². The van der Waals surface area contributed by atoms with Gasteiger partial charge in [0.2, 0.25) is 0 Å². The number of benzene rings is 1. The van der Waals surface area contributed by atoms with Crippen LogP contribution < -0.4 is 0 Å². The zero-order chi connectivity index (χ0) is 8.97. The van der Waals surface area contributed by atoms with Gasteiger partial charge in [-0.1, -0.05) is 38.5 Å². The fourth-order valence-electron chi connectivity index (χ4n) is 1.53. The van der Waals surface area contributed by atoms with Gasteiger partial charge in [0.05, 0.1) is 0 Å². The lowest BCUT2D eigenvalue weighted by Crippen LogP contribution is -1.92. The SMILES string of the molecule is [CH2]c1ccc(CC)c(CCC)c1. The van der Waals surface area contributed by atoms with E-state index in [0.717, 1.165) is 12.0 Å². The van der Waals surface area contributed by atoms with Crippen LogP contribution in [0, 0.1) is 6.92 Å². The van der Waals surface area contributed by atoms with Crippen LogP contribution in [0.1, 0.15) is 37.0 Å². The molecule has 1 aromatic rings. The first-order valence-electron chi connectivity index (χ1n) is 4.71. The number of hydrogen-bond acceptors (Lipinski definition) is 0. The minimum Gasteiger partial charge on any atom is -0.0651 e. The summed E-state index contributed by atoms with van der Waals surface area (Å²) < 4.78 is 0. The molecule has 0 fully saturated rings. The van der Waals surface area contributed by atoms with E-state index in [-0.39, 0.29) is 0 Å². The van der Waals surface area contributed by atoms with Crippen molar-refractivity contribution < 1.29 is 0 Å². The standard InChI is InChI=1S/C12H17/c1-4-6-12-9-10(3)7-8-11(12)5-2/h7-9H,3-6H2,1-2H3. The van der Waals surface area contributed by atoms with Crippen molar-refractivity contribution in [3.05, 3.63) is 41.8 Å². The zero-order valence-corrected chi connectivity index (χ0v) is 8.06. The first-order valence-corrected chi connectivity index (χ1v) is 4.71. The van der Waals surface area contributed by atoms with E-state index in [1.165, 1.54) is 24.0 Å². The van der Waals surface area contributed by atoms with E-state index >= 15 is 0 Å². The number of aryl methyl sites for hydroxylation is 2. The van der Waals surface area contributed by atoms with Crippen molar-refractivity contribution in [3.63, 3.8) is 0 Å². The minimum atomic E-state index is 1.13. The summed E-state index contributed by atoms with van der Waals surface area (Å²) in [5.41, 5.74) is 4.09. The maximum atomic E-state index is 3.94. The molecule has 0 spiro atoms. The van der Waals surface area contributed by atoms with E-state index in [2.05, 4.69) is 39.0 Å². The van der Waals surface area contributed by atoms with Gasteiger partial charge in [0.15, 0.2) is 0 Å². The van der Waals surface area contributed by atoms with Gasteiger partial charge in [-0.3, -0.25) is 0 Å². The molecule has 1 rings (SSSR count). The van der Waals surface area contributed by atoms with E-state index < -0.39 is 0 Å². The fraction of sp³-hybridized carbons (Fsp3) is 0.417. The molecule has 0 saturated heterocycles. The molecule has 12 heavy (non-hydrogen) atoms. The summed E-state index contributed by atoms with van der Waals surface area (Å²) in [5, 5.41) is 0. The Morgan fingerprint density at radius 2 is 1.92 bits per heavy atom. The van der Waals surface area contributed by atoms with E-state index in [9.17, 15) is 0 Å². The van der Waals surface area contributed by atoms with Crippen LogP contribution in [-0.2, 0) is 12.8 Å². The van der Waals surface area contributed by atoms with Gasteiger partial charge in [0.1, 0.15) is 0 Å². The summed E-state index contributed by atoms with van der Waals surface area (Å²) in [6, 6.07) is 6.51. The van der Waals surface area contributed by atoms with Crippen LogP contribution in [0.3, 0.4) is 0 Å². The Bertz CT molecular complexity index is 248. The summed E-state index contributed by atoms with van der Waals surface area (Å²) in [5.74, 6) is 0. The Balaban J connectivity index is 2.95. The molecular weight excluding hydrogens is 144 g/mol. The Morgan fingerprint density at radius 1 is 1.17 bits per heavy atom. The molecule has 0 aliphatic carbocycles.